The average molecular weight is 242 g/mol. The van der Waals surface area contributed by atoms with Gasteiger partial charge in [0.05, 0.1) is 5.88 Å². The van der Waals surface area contributed by atoms with E-state index in [2.05, 4.69) is 28.6 Å². The molecule has 1 heterocycles. The molecule has 1 atom stereocenters. The highest BCUT2D eigenvalue weighted by Gasteiger charge is 2.36. The zero-order chi connectivity index (χ0) is 11.8. The van der Waals surface area contributed by atoms with E-state index in [1.54, 1.807) is 0 Å². The molecule has 16 heavy (non-hydrogen) atoms. The summed E-state index contributed by atoms with van der Waals surface area (Å²) in [7, 11) is 2.03. The van der Waals surface area contributed by atoms with Crippen LogP contribution in [0.4, 0.5) is 0 Å². The van der Waals surface area contributed by atoms with E-state index in [9.17, 15) is 0 Å². The van der Waals surface area contributed by atoms with Gasteiger partial charge < -0.3 is 4.57 Å². The molecule has 0 aromatic carbocycles. The molecule has 0 aliphatic heterocycles. The van der Waals surface area contributed by atoms with E-state index in [1.165, 1.54) is 25.7 Å². The SMILES string of the molecule is Cn1c(CCl)nnc1C1CCCCC1(C)C. The molecule has 0 bridgehead atoms. The third kappa shape index (κ3) is 1.97. The van der Waals surface area contributed by atoms with Gasteiger partial charge in [0.25, 0.3) is 0 Å². The molecular formula is C12H20ClN3. The first kappa shape index (κ1) is 11.9. The summed E-state index contributed by atoms with van der Waals surface area (Å²) in [6.07, 6.45) is 5.14. The average Bonchev–Trinajstić information content (AvgIpc) is 2.59. The van der Waals surface area contributed by atoms with Crippen molar-refractivity contribution >= 4 is 11.6 Å². The summed E-state index contributed by atoms with van der Waals surface area (Å²) in [5, 5.41) is 8.49. The van der Waals surface area contributed by atoms with E-state index < -0.39 is 0 Å². The van der Waals surface area contributed by atoms with Gasteiger partial charge in [0.2, 0.25) is 0 Å². The maximum absolute atomic E-state index is 5.83. The quantitative estimate of drug-likeness (QED) is 0.745. The Hall–Kier alpha value is -0.570. The van der Waals surface area contributed by atoms with E-state index >= 15 is 0 Å². The minimum atomic E-state index is 0.336. The van der Waals surface area contributed by atoms with Crippen LogP contribution in [0, 0.1) is 5.41 Å². The van der Waals surface area contributed by atoms with Gasteiger partial charge in [-0.3, -0.25) is 0 Å². The highest BCUT2D eigenvalue weighted by atomic mass is 35.5. The first-order chi connectivity index (χ1) is 7.56. The van der Waals surface area contributed by atoms with Gasteiger partial charge in [-0.25, -0.2) is 0 Å². The van der Waals surface area contributed by atoms with Gasteiger partial charge in [0.15, 0.2) is 0 Å². The van der Waals surface area contributed by atoms with Crippen molar-refractivity contribution in [1.82, 2.24) is 14.8 Å². The lowest BCUT2D eigenvalue weighted by Crippen LogP contribution is -2.28. The van der Waals surface area contributed by atoms with Gasteiger partial charge in [-0.1, -0.05) is 26.7 Å². The first-order valence-electron chi connectivity index (χ1n) is 6.00. The molecule has 1 aromatic heterocycles. The van der Waals surface area contributed by atoms with Crippen LogP contribution in [0.1, 0.15) is 57.1 Å². The van der Waals surface area contributed by atoms with Crippen LogP contribution in [0.15, 0.2) is 0 Å². The van der Waals surface area contributed by atoms with Crippen molar-refractivity contribution in [3.05, 3.63) is 11.6 Å². The van der Waals surface area contributed by atoms with Crippen molar-refractivity contribution in [3.63, 3.8) is 0 Å². The van der Waals surface area contributed by atoms with Crippen LogP contribution in [-0.4, -0.2) is 14.8 Å². The molecular weight excluding hydrogens is 222 g/mol. The molecule has 4 heteroatoms. The lowest BCUT2D eigenvalue weighted by atomic mass is 9.68. The molecule has 0 spiro atoms. The molecule has 2 rings (SSSR count). The van der Waals surface area contributed by atoms with Crippen molar-refractivity contribution in [1.29, 1.82) is 0 Å². The van der Waals surface area contributed by atoms with Crippen molar-refractivity contribution in [2.75, 3.05) is 0 Å². The fraction of sp³-hybridized carbons (Fsp3) is 0.833. The third-order valence-corrected chi connectivity index (χ3v) is 4.18. The zero-order valence-electron chi connectivity index (χ0n) is 10.3. The number of rotatable bonds is 2. The Morgan fingerprint density at radius 3 is 2.69 bits per heavy atom. The van der Waals surface area contributed by atoms with Gasteiger partial charge >= 0.3 is 0 Å². The predicted molar refractivity (Wildman–Crippen MR) is 65.6 cm³/mol. The second-order valence-corrected chi connectivity index (χ2v) is 5.72. The minimum absolute atomic E-state index is 0.336. The normalized spacial score (nSPS) is 24.6. The largest absolute Gasteiger partial charge is 0.317 e. The van der Waals surface area contributed by atoms with E-state index in [0.717, 1.165) is 11.6 Å². The highest BCUT2D eigenvalue weighted by molar-refractivity contribution is 6.16. The Balaban J connectivity index is 2.31. The van der Waals surface area contributed by atoms with Gasteiger partial charge in [-0.05, 0) is 18.3 Å². The predicted octanol–water partition coefficient (Wildman–Crippen LogP) is 3.24. The molecule has 1 saturated carbocycles. The van der Waals surface area contributed by atoms with Crippen LogP contribution in [0.3, 0.4) is 0 Å². The van der Waals surface area contributed by atoms with Crippen LogP contribution in [0.5, 0.6) is 0 Å². The van der Waals surface area contributed by atoms with Crippen molar-refractivity contribution in [3.8, 4) is 0 Å². The molecule has 90 valence electrons. The number of hydrogen-bond donors (Lipinski definition) is 0. The summed E-state index contributed by atoms with van der Waals surface area (Å²) in [5.74, 6) is 2.95. The Morgan fingerprint density at radius 2 is 2.12 bits per heavy atom. The van der Waals surface area contributed by atoms with Crippen molar-refractivity contribution in [2.24, 2.45) is 12.5 Å². The molecule has 0 N–H and O–H groups in total. The summed E-state index contributed by atoms with van der Waals surface area (Å²) >= 11 is 5.83. The summed E-state index contributed by atoms with van der Waals surface area (Å²) < 4.78 is 2.07. The smallest absolute Gasteiger partial charge is 0.147 e. The Bertz CT molecular complexity index is 370. The van der Waals surface area contributed by atoms with Crippen molar-refractivity contribution < 1.29 is 0 Å². The van der Waals surface area contributed by atoms with Crippen LogP contribution < -0.4 is 0 Å². The van der Waals surface area contributed by atoms with Crippen LogP contribution in [0.2, 0.25) is 0 Å². The standard InChI is InChI=1S/C12H20ClN3/c1-12(2)7-5-4-6-9(12)11-15-14-10(8-13)16(11)3/h9H,4-8H2,1-3H3. The lowest BCUT2D eigenvalue weighted by molar-refractivity contribution is 0.189. The lowest BCUT2D eigenvalue weighted by Gasteiger charge is -2.37. The molecule has 0 amide bonds. The molecule has 1 unspecified atom stereocenters. The highest BCUT2D eigenvalue weighted by Crippen LogP contribution is 2.45. The second-order valence-electron chi connectivity index (χ2n) is 5.45. The van der Waals surface area contributed by atoms with Crippen molar-refractivity contribution in [2.45, 2.75) is 51.3 Å². The van der Waals surface area contributed by atoms with Crippen LogP contribution >= 0.6 is 11.6 Å². The van der Waals surface area contributed by atoms with Gasteiger partial charge in [-0.2, -0.15) is 0 Å². The number of nitrogens with zero attached hydrogens (tertiary/aromatic N) is 3. The van der Waals surface area contributed by atoms with E-state index in [0.29, 0.717) is 17.2 Å². The van der Waals surface area contributed by atoms with E-state index in [4.69, 9.17) is 11.6 Å². The summed E-state index contributed by atoms with van der Waals surface area (Å²) in [4.78, 5) is 0. The van der Waals surface area contributed by atoms with Gasteiger partial charge in [0, 0.05) is 13.0 Å². The fourth-order valence-electron chi connectivity index (χ4n) is 2.77. The summed E-state index contributed by atoms with van der Waals surface area (Å²) in [5.41, 5.74) is 0.336. The number of alkyl halides is 1. The minimum Gasteiger partial charge on any atom is -0.317 e. The number of halogens is 1. The van der Waals surface area contributed by atoms with Gasteiger partial charge in [-0.15, -0.1) is 21.8 Å². The summed E-state index contributed by atoms with van der Waals surface area (Å²) in [6.45, 7) is 4.68. The molecule has 0 saturated heterocycles. The number of aromatic nitrogens is 3. The maximum Gasteiger partial charge on any atom is 0.147 e. The molecule has 1 aliphatic rings. The number of hydrogen-bond acceptors (Lipinski definition) is 2. The molecule has 1 aromatic rings. The zero-order valence-corrected chi connectivity index (χ0v) is 11.1. The second kappa shape index (κ2) is 4.36. The topological polar surface area (TPSA) is 30.7 Å². The Morgan fingerprint density at radius 1 is 1.38 bits per heavy atom. The molecule has 3 nitrogen and oxygen atoms in total. The fourth-order valence-corrected chi connectivity index (χ4v) is 3.00. The molecule has 1 aliphatic carbocycles. The Kier molecular flexibility index (Phi) is 3.24. The Labute approximate surface area is 102 Å². The monoisotopic (exact) mass is 241 g/mol. The molecule has 0 radical (unpaired) electrons. The molecule has 1 fully saturated rings. The van der Waals surface area contributed by atoms with Gasteiger partial charge in [0.1, 0.15) is 11.6 Å². The van der Waals surface area contributed by atoms with E-state index in [1.807, 2.05) is 7.05 Å². The van der Waals surface area contributed by atoms with E-state index in [-0.39, 0.29) is 0 Å². The van der Waals surface area contributed by atoms with Crippen LogP contribution in [0.25, 0.3) is 0 Å². The maximum atomic E-state index is 5.83. The van der Waals surface area contributed by atoms with Crippen LogP contribution in [-0.2, 0) is 12.9 Å². The third-order valence-electron chi connectivity index (χ3n) is 3.94. The first-order valence-corrected chi connectivity index (χ1v) is 6.54. The summed E-state index contributed by atoms with van der Waals surface area (Å²) in [6, 6.07) is 0.